The molecule has 0 unspecified atom stereocenters. The molecule has 17 heavy (non-hydrogen) atoms. The van der Waals surface area contributed by atoms with Gasteiger partial charge in [-0.15, -0.1) is 0 Å². The second kappa shape index (κ2) is 7.92. The number of hydrogen-bond donors (Lipinski definition) is 2. The molecule has 1 rings (SSSR count). The Bertz CT molecular complexity index is 301. The quantitative estimate of drug-likeness (QED) is 0.668. The summed E-state index contributed by atoms with van der Waals surface area (Å²) < 4.78 is 11.2. The van der Waals surface area contributed by atoms with Crippen LogP contribution in [-0.4, -0.2) is 40.4 Å². The Morgan fingerprint density at radius 3 is 1.76 bits per heavy atom. The van der Waals surface area contributed by atoms with Crippen molar-refractivity contribution >= 4 is 0 Å². The first-order valence-corrected chi connectivity index (χ1v) is 5.92. The molecule has 0 atom stereocenters. The second-order valence-corrected chi connectivity index (χ2v) is 3.89. The summed E-state index contributed by atoms with van der Waals surface area (Å²) in [5, 5.41) is 6.09. The van der Waals surface area contributed by atoms with Crippen LogP contribution in [0.3, 0.4) is 0 Å². The van der Waals surface area contributed by atoms with Crippen LogP contribution in [0.1, 0.15) is 5.56 Å². The van der Waals surface area contributed by atoms with E-state index in [9.17, 15) is 0 Å². The fourth-order valence-electron chi connectivity index (χ4n) is 1.42. The summed E-state index contributed by atoms with van der Waals surface area (Å²) in [6, 6.07) is 5.96. The van der Waals surface area contributed by atoms with Gasteiger partial charge in [0.05, 0.1) is 0 Å². The maximum atomic E-state index is 5.62. The maximum absolute atomic E-state index is 5.62. The highest BCUT2D eigenvalue weighted by Gasteiger charge is 2.00. The van der Waals surface area contributed by atoms with Crippen LogP contribution in [-0.2, 0) is 0 Å². The Kier molecular flexibility index (Phi) is 6.43. The third kappa shape index (κ3) is 5.56. The van der Waals surface area contributed by atoms with Gasteiger partial charge in [0.2, 0.25) is 0 Å². The molecule has 0 aliphatic heterocycles. The van der Waals surface area contributed by atoms with Gasteiger partial charge in [0.1, 0.15) is 24.7 Å². The normalized spacial score (nSPS) is 10.3. The lowest BCUT2D eigenvalue weighted by Gasteiger charge is -2.10. The van der Waals surface area contributed by atoms with Gasteiger partial charge in [0.25, 0.3) is 0 Å². The highest BCUT2D eigenvalue weighted by atomic mass is 16.5. The zero-order valence-electron chi connectivity index (χ0n) is 10.9. The number of ether oxygens (including phenoxy) is 2. The number of aryl methyl sites for hydroxylation is 1. The molecule has 1 aromatic carbocycles. The molecule has 0 radical (unpaired) electrons. The topological polar surface area (TPSA) is 42.5 Å². The summed E-state index contributed by atoms with van der Waals surface area (Å²) in [7, 11) is 3.82. The lowest BCUT2D eigenvalue weighted by atomic mass is 10.2. The van der Waals surface area contributed by atoms with E-state index in [1.807, 2.05) is 39.2 Å². The van der Waals surface area contributed by atoms with Gasteiger partial charge in [-0.25, -0.2) is 0 Å². The van der Waals surface area contributed by atoms with E-state index >= 15 is 0 Å². The molecule has 0 aliphatic carbocycles. The summed E-state index contributed by atoms with van der Waals surface area (Å²) in [4.78, 5) is 0. The monoisotopic (exact) mass is 238 g/mol. The summed E-state index contributed by atoms with van der Waals surface area (Å²) in [5.74, 6) is 1.72. The molecule has 0 aliphatic rings. The number of likely N-dealkylation sites (N-methyl/N-ethyl adjacent to an activating group) is 2. The fraction of sp³-hybridized carbons (Fsp3) is 0.538. The third-order valence-electron chi connectivity index (χ3n) is 2.27. The highest BCUT2D eigenvalue weighted by molar-refractivity contribution is 5.37. The van der Waals surface area contributed by atoms with Crippen molar-refractivity contribution in [2.45, 2.75) is 6.92 Å². The average Bonchev–Trinajstić information content (AvgIpc) is 2.29. The molecule has 0 heterocycles. The zero-order valence-corrected chi connectivity index (χ0v) is 10.9. The molecule has 4 nitrogen and oxygen atoms in total. The van der Waals surface area contributed by atoms with E-state index in [4.69, 9.17) is 9.47 Å². The Morgan fingerprint density at radius 1 is 0.882 bits per heavy atom. The second-order valence-electron chi connectivity index (χ2n) is 3.89. The van der Waals surface area contributed by atoms with Crippen LogP contribution in [0.2, 0.25) is 0 Å². The van der Waals surface area contributed by atoms with Crippen molar-refractivity contribution in [2.75, 3.05) is 40.4 Å². The lowest BCUT2D eigenvalue weighted by molar-refractivity contribution is 0.302. The Morgan fingerprint density at radius 2 is 1.35 bits per heavy atom. The molecule has 4 heteroatoms. The standard InChI is InChI=1S/C13H22N2O2/c1-11-8-12(16-6-4-14-2)10-13(9-11)17-7-5-15-3/h8-10,14-15H,4-7H2,1-3H3. The van der Waals surface area contributed by atoms with Crippen molar-refractivity contribution in [3.05, 3.63) is 23.8 Å². The predicted octanol–water partition coefficient (Wildman–Crippen LogP) is 1.19. The van der Waals surface area contributed by atoms with Crippen LogP contribution in [0.15, 0.2) is 18.2 Å². The number of rotatable bonds is 8. The van der Waals surface area contributed by atoms with Crippen molar-refractivity contribution in [1.82, 2.24) is 10.6 Å². The number of benzene rings is 1. The van der Waals surface area contributed by atoms with E-state index in [0.717, 1.165) is 30.2 Å². The molecule has 1 aromatic rings. The molecular formula is C13H22N2O2. The van der Waals surface area contributed by atoms with Crippen LogP contribution < -0.4 is 20.1 Å². The van der Waals surface area contributed by atoms with Crippen molar-refractivity contribution in [3.63, 3.8) is 0 Å². The van der Waals surface area contributed by atoms with E-state index in [2.05, 4.69) is 10.6 Å². The first-order chi connectivity index (χ1) is 8.26. The molecule has 0 amide bonds. The van der Waals surface area contributed by atoms with Crippen molar-refractivity contribution in [3.8, 4) is 11.5 Å². The largest absolute Gasteiger partial charge is 0.492 e. The molecule has 0 saturated heterocycles. The summed E-state index contributed by atoms with van der Waals surface area (Å²) >= 11 is 0. The Labute approximate surface area is 103 Å². The Balaban J connectivity index is 2.53. The van der Waals surface area contributed by atoms with Gasteiger partial charge in [0, 0.05) is 19.2 Å². The SMILES string of the molecule is CNCCOc1cc(C)cc(OCCNC)c1. The summed E-state index contributed by atoms with van der Waals surface area (Å²) in [5.41, 5.74) is 1.14. The van der Waals surface area contributed by atoms with E-state index in [-0.39, 0.29) is 0 Å². The Hall–Kier alpha value is -1.26. The van der Waals surface area contributed by atoms with Gasteiger partial charge in [-0.1, -0.05) is 0 Å². The van der Waals surface area contributed by atoms with E-state index in [1.54, 1.807) is 0 Å². The first-order valence-electron chi connectivity index (χ1n) is 5.92. The fourth-order valence-corrected chi connectivity index (χ4v) is 1.42. The molecule has 96 valence electrons. The van der Waals surface area contributed by atoms with Gasteiger partial charge in [-0.3, -0.25) is 0 Å². The van der Waals surface area contributed by atoms with Gasteiger partial charge in [0.15, 0.2) is 0 Å². The third-order valence-corrected chi connectivity index (χ3v) is 2.27. The zero-order chi connectivity index (χ0) is 12.5. The molecule has 0 aromatic heterocycles. The minimum Gasteiger partial charge on any atom is -0.492 e. The van der Waals surface area contributed by atoms with Gasteiger partial charge >= 0.3 is 0 Å². The van der Waals surface area contributed by atoms with Gasteiger partial charge in [-0.05, 0) is 38.7 Å². The molecule has 2 N–H and O–H groups in total. The van der Waals surface area contributed by atoms with Crippen LogP contribution in [0.25, 0.3) is 0 Å². The van der Waals surface area contributed by atoms with E-state index < -0.39 is 0 Å². The van der Waals surface area contributed by atoms with Crippen LogP contribution in [0.5, 0.6) is 11.5 Å². The molecular weight excluding hydrogens is 216 g/mol. The minimum atomic E-state index is 0.663. The molecule has 0 spiro atoms. The predicted molar refractivity (Wildman–Crippen MR) is 70.0 cm³/mol. The van der Waals surface area contributed by atoms with Crippen LogP contribution in [0.4, 0.5) is 0 Å². The number of nitrogens with one attached hydrogen (secondary N) is 2. The summed E-state index contributed by atoms with van der Waals surface area (Å²) in [6.07, 6.45) is 0. The smallest absolute Gasteiger partial charge is 0.123 e. The van der Waals surface area contributed by atoms with Crippen molar-refractivity contribution in [1.29, 1.82) is 0 Å². The minimum absolute atomic E-state index is 0.663. The van der Waals surface area contributed by atoms with E-state index in [0.29, 0.717) is 13.2 Å². The summed E-state index contributed by atoms with van der Waals surface area (Å²) in [6.45, 7) is 5.04. The van der Waals surface area contributed by atoms with Crippen molar-refractivity contribution < 1.29 is 9.47 Å². The molecule has 0 bridgehead atoms. The average molecular weight is 238 g/mol. The first kappa shape index (κ1) is 13.8. The van der Waals surface area contributed by atoms with E-state index in [1.165, 1.54) is 0 Å². The lowest BCUT2D eigenvalue weighted by Crippen LogP contribution is -2.16. The highest BCUT2D eigenvalue weighted by Crippen LogP contribution is 2.22. The van der Waals surface area contributed by atoms with Crippen LogP contribution >= 0.6 is 0 Å². The van der Waals surface area contributed by atoms with Gasteiger partial charge < -0.3 is 20.1 Å². The number of hydrogen-bond acceptors (Lipinski definition) is 4. The molecule has 0 saturated carbocycles. The molecule has 0 fully saturated rings. The van der Waals surface area contributed by atoms with Crippen LogP contribution in [0, 0.1) is 6.92 Å². The van der Waals surface area contributed by atoms with Gasteiger partial charge in [-0.2, -0.15) is 0 Å². The maximum Gasteiger partial charge on any atom is 0.123 e. The van der Waals surface area contributed by atoms with Crippen molar-refractivity contribution in [2.24, 2.45) is 0 Å².